The average Bonchev–Trinajstić information content (AvgIpc) is 2.73. The topological polar surface area (TPSA) is 77.7 Å². The normalized spacial score (nSPS) is 12.6. The van der Waals surface area contributed by atoms with Crippen LogP contribution in [0.5, 0.6) is 0 Å². The molecule has 0 aliphatic carbocycles. The van der Waals surface area contributed by atoms with Gasteiger partial charge in [-0.25, -0.2) is 15.0 Å². The third kappa shape index (κ3) is 1.25. The Morgan fingerprint density at radius 1 is 1.10 bits per heavy atom. The van der Waals surface area contributed by atoms with Crippen LogP contribution in [0.1, 0.15) is 22.0 Å². The SMILES string of the molecule is Cc1ncc2c(=O)n3c(nc2n1)C(=O)c1ccccc1-3. The summed E-state index contributed by atoms with van der Waals surface area (Å²) in [5, 5.41) is 0.309. The van der Waals surface area contributed by atoms with Crippen LogP contribution in [0.3, 0.4) is 0 Å². The van der Waals surface area contributed by atoms with E-state index in [9.17, 15) is 9.59 Å². The van der Waals surface area contributed by atoms with E-state index in [-0.39, 0.29) is 22.8 Å². The third-order valence-electron chi connectivity index (χ3n) is 3.34. The first kappa shape index (κ1) is 11.0. The van der Waals surface area contributed by atoms with E-state index in [2.05, 4.69) is 15.0 Å². The minimum atomic E-state index is -0.316. The zero-order valence-corrected chi connectivity index (χ0v) is 10.5. The summed E-state index contributed by atoms with van der Waals surface area (Å²) in [6.45, 7) is 1.71. The summed E-state index contributed by atoms with van der Waals surface area (Å²) in [4.78, 5) is 37.2. The Labute approximate surface area is 112 Å². The van der Waals surface area contributed by atoms with Gasteiger partial charge in [-0.2, -0.15) is 0 Å². The van der Waals surface area contributed by atoms with Gasteiger partial charge < -0.3 is 0 Å². The van der Waals surface area contributed by atoms with Crippen molar-refractivity contribution < 1.29 is 4.79 Å². The van der Waals surface area contributed by atoms with Crippen LogP contribution in [-0.2, 0) is 0 Å². The Hall–Kier alpha value is -2.89. The second kappa shape index (κ2) is 3.57. The lowest BCUT2D eigenvalue weighted by Gasteiger charge is -2.04. The molecule has 6 heteroatoms. The lowest BCUT2D eigenvalue weighted by Crippen LogP contribution is -2.22. The maximum Gasteiger partial charge on any atom is 0.269 e. The number of hydrogen-bond donors (Lipinski definition) is 0. The smallest absolute Gasteiger partial charge is 0.269 e. The summed E-state index contributed by atoms with van der Waals surface area (Å²) in [5.41, 5.74) is 0.989. The summed E-state index contributed by atoms with van der Waals surface area (Å²) < 4.78 is 1.33. The van der Waals surface area contributed by atoms with Gasteiger partial charge in [-0.3, -0.25) is 14.2 Å². The second-order valence-corrected chi connectivity index (χ2v) is 4.58. The summed E-state index contributed by atoms with van der Waals surface area (Å²) >= 11 is 0. The molecule has 0 saturated heterocycles. The van der Waals surface area contributed by atoms with Gasteiger partial charge in [0.2, 0.25) is 5.78 Å². The molecule has 0 amide bonds. The van der Waals surface area contributed by atoms with Crippen molar-refractivity contribution in [3.05, 3.63) is 58.0 Å². The van der Waals surface area contributed by atoms with Crippen LogP contribution in [-0.4, -0.2) is 25.3 Å². The maximum atomic E-state index is 12.5. The quantitative estimate of drug-likeness (QED) is 0.474. The molecule has 4 rings (SSSR count). The molecule has 1 aliphatic rings. The highest BCUT2D eigenvalue weighted by Crippen LogP contribution is 2.25. The fourth-order valence-corrected chi connectivity index (χ4v) is 2.42. The molecular formula is C14H8N4O2. The molecule has 6 nitrogen and oxygen atoms in total. The van der Waals surface area contributed by atoms with E-state index in [4.69, 9.17) is 0 Å². The van der Waals surface area contributed by atoms with Crippen LogP contribution in [0.25, 0.3) is 16.7 Å². The van der Waals surface area contributed by atoms with E-state index in [0.717, 1.165) is 0 Å². The molecule has 0 radical (unpaired) electrons. The monoisotopic (exact) mass is 264 g/mol. The largest absolute Gasteiger partial charge is 0.285 e. The van der Waals surface area contributed by atoms with Gasteiger partial charge in [-0.05, 0) is 19.1 Å². The molecule has 20 heavy (non-hydrogen) atoms. The van der Waals surface area contributed by atoms with Crippen LogP contribution in [0, 0.1) is 6.92 Å². The Morgan fingerprint density at radius 2 is 1.90 bits per heavy atom. The van der Waals surface area contributed by atoms with Crippen molar-refractivity contribution in [1.29, 1.82) is 0 Å². The highest BCUT2D eigenvalue weighted by molar-refractivity contribution is 6.13. The zero-order valence-electron chi connectivity index (χ0n) is 10.5. The Kier molecular flexibility index (Phi) is 1.96. The molecule has 1 aromatic carbocycles. The molecule has 3 aromatic rings. The summed E-state index contributed by atoms with van der Waals surface area (Å²) in [6.07, 6.45) is 1.45. The number of benzene rings is 1. The van der Waals surface area contributed by atoms with Gasteiger partial charge in [-0.15, -0.1) is 0 Å². The number of aryl methyl sites for hydroxylation is 1. The van der Waals surface area contributed by atoms with Crippen molar-refractivity contribution in [2.45, 2.75) is 6.92 Å². The Bertz CT molecular complexity index is 959. The van der Waals surface area contributed by atoms with Gasteiger partial charge >= 0.3 is 0 Å². The van der Waals surface area contributed by atoms with E-state index < -0.39 is 0 Å². The van der Waals surface area contributed by atoms with Gasteiger partial charge in [0.1, 0.15) is 11.2 Å². The molecule has 0 saturated carbocycles. The van der Waals surface area contributed by atoms with E-state index in [0.29, 0.717) is 22.5 Å². The molecular weight excluding hydrogens is 256 g/mol. The molecule has 96 valence electrons. The predicted octanol–water partition coefficient (Wildman–Crippen LogP) is 1.03. The average molecular weight is 264 g/mol. The lowest BCUT2D eigenvalue weighted by molar-refractivity contribution is 0.103. The van der Waals surface area contributed by atoms with Crippen molar-refractivity contribution in [2.24, 2.45) is 0 Å². The summed E-state index contributed by atoms with van der Waals surface area (Å²) in [5.74, 6) is 0.370. The van der Waals surface area contributed by atoms with E-state index in [1.165, 1.54) is 10.8 Å². The van der Waals surface area contributed by atoms with Crippen molar-refractivity contribution in [3.63, 3.8) is 0 Å². The van der Waals surface area contributed by atoms with Crippen LogP contribution < -0.4 is 5.56 Å². The maximum absolute atomic E-state index is 12.5. The summed E-state index contributed by atoms with van der Waals surface area (Å²) in [6, 6.07) is 6.96. The predicted molar refractivity (Wildman–Crippen MR) is 71.1 cm³/mol. The molecule has 0 spiro atoms. The lowest BCUT2D eigenvalue weighted by atomic mass is 10.1. The number of carbonyl (C=O) groups is 1. The van der Waals surface area contributed by atoms with Crippen LogP contribution in [0.2, 0.25) is 0 Å². The number of rotatable bonds is 0. The van der Waals surface area contributed by atoms with Gasteiger partial charge in [0.15, 0.2) is 11.5 Å². The van der Waals surface area contributed by atoms with E-state index in [1.54, 1.807) is 31.2 Å². The third-order valence-corrected chi connectivity index (χ3v) is 3.34. The van der Waals surface area contributed by atoms with Gasteiger partial charge in [0.05, 0.1) is 11.3 Å². The van der Waals surface area contributed by atoms with Crippen LogP contribution in [0.4, 0.5) is 0 Å². The van der Waals surface area contributed by atoms with E-state index in [1.807, 2.05) is 0 Å². The zero-order chi connectivity index (χ0) is 13.9. The number of aromatic nitrogens is 4. The fourth-order valence-electron chi connectivity index (χ4n) is 2.42. The molecule has 0 fully saturated rings. The number of carbonyl (C=O) groups excluding carboxylic acids is 1. The standard InChI is InChI=1S/C14H8N4O2/c1-7-15-6-9-12(16-7)17-13-11(19)8-4-2-3-5-10(8)18(13)14(9)20/h2-6H,1H3. The summed E-state index contributed by atoms with van der Waals surface area (Å²) in [7, 11) is 0. The first-order chi connectivity index (χ1) is 9.66. The Morgan fingerprint density at radius 3 is 2.75 bits per heavy atom. The molecule has 0 N–H and O–H groups in total. The molecule has 0 unspecified atom stereocenters. The fraction of sp³-hybridized carbons (Fsp3) is 0.0714. The molecule has 2 aromatic heterocycles. The number of nitrogens with zero attached hydrogens (tertiary/aromatic N) is 4. The number of fused-ring (bicyclic) bond motifs is 4. The number of para-hydroxylation sites is 1. The van der Waals surface area contributed by atoms with Gasteiger partial charge in [-0.1, -0.05) is 12.1 Å². The van der Waals surface area contributed by atoms with E-state index >= 15 is 0 Å². The highest BCUT2D eigenvalue weighted by Gasteiger charge is 2.30. The van der Waals surface area contributed by atoms with Crippen molar-refractivity contribution in [3.8, 4) is 5.69 Å². The van der Waals surface area contributed by atoms with Crippen molar-refractivity contribution in [2.75, 3.05) is 0 Å². The minimum Gasteiger partial charge on any atom is -0.285 e. The van der Waals surface area contributed by atoms with Crippen molar-refractivity contribution in [1.82, 2.24) is 19.5 Å². The second-order valence-electron chi connectivity index (χ2n) is 4.58. The Balaban J connectivity index is 2.21. The number of hydrogen-bond acceptors (Lipinski definition) is 5. The van der Waals surface area contributed by atoms with Crippen LogP contribution in [0.15, 0.2) is 35.3 Å². The van der Waals surface area contributed by atoms with Crippen molar-refractivity contribution >= 4 is 16.8 Å². The molecule has 3 heterocycles. The van der Waals surface area contributed by atoms with Gasteiger partial charge in [0.25, 0.3) is 5.56 Å². The minimum absolute atomic E-state index is 0.113. The van der Waals surface area contributed by atoms with Gasteiger partial charge in [0, 0.05) is 6.20 Å². The first-order valence-electron chi connectivity index (χ1n) is 6.07. The molecule has 0 atom stereocenters. The first-order valence-corrected chi connectivity index (χ1v) is 6.07. The number of ketones is 1. The molecule has 0 bridgehead atoms. The highest BCUT2D eigenvalue weighted by atomic mass is 16.1. The molecule has 1 aliphatic heterocycles. The van der Waals surface area contributed by atoms with Crippen LogP contribution >= 0.6 is 0 Å².